The molecular weight excluding hydrogens is 582 g/mol. The number of hydrogen-bond acceptors (Lipinski definition) is 6. The molecule has 0 aliphatic carbocycles. The molecule has 1 unspecified atom stereocenters. The molecule has 2 atom stereocenters. The summed E-state index contributed by atoms with van der Waals surface area (Å²) in [5.41, 5.74) is 1.97. The fraction of sp³-hybridized carbons (Fsp3) is 0.438. The van der Waals surface area contributed by atoms with Gasteiger partial charge in [-0.1, -0.05) is 48.0 Å². The minimum Gasteiger partial charge on any atom is -0.480 e. The van der Waals surface area contributed by atoms with Crippen molar-refractivity contribution in [3.63, 3.8) is 0 Å². The third-order valence-corrected chi connectivity index (χ3v) is 10.5. The average molecular weight is 622 g/mol. The maximum atomic E-state index is 13.2. The monoisotopic (exact) mass is 621 g/mol. The van der Waals surface area contributed by atoms with Gasteiger partial charge in [-0.3, -0.25) is 9.59 Å². The number of piperidine rings is 1. The van der Waals surface area contributed by atoms with E-state index in [9.17, 15) is 27.9 Å². The van der Waals surface area contributed by atoms with E-state index in [0.29, 0.717) is 31.8 Å². The number of rotatable bonds is 11. The largest absolute Gasteiger partial charge is 0.480 e. The van der Waals surface area contributed by atoms with Crippen LogP contribution in [0.1, 0.15) is 44.1 Å². The zero-order valence-corrected chi connectivity index (χ0v) is 25.7. The minimum atomic E-state index is -3.92. The Balaban J connectivity index is 1.12. The fourth-order valence-electron chi connectivity index (χ4n) is 6.03. The van der Waals surface area contributed by atoms with Crippen molar-refractivity contribution in [2.24, 2.45) is 5.92 Å². The molecule has 2 aliphatic rings. The van der Waals surface area contributed by atoms with Crippen molar-refractivity contribution in [3.8, 4) is 11.4 Å². The lowest BCUT2D eigenvalue weighted by molar-refractivity contribution is -0.143. The number of aliphatic carboxylic acids is 1. The highest BCUT2D eigenvalue weighted by Crippen LogP contribution is 2.27. The normalized spacial score (nSPS) is 18.7. The molecule has 234 valence electrons. The summed E-state index contributed by atoms with van der Waals surface area (Å²) in [6.07, 6.45) is 6.10. The first kappa shape index (κ1) is 31.4. The molecule has 0 saturated carbocycles. The molecule has 11 nitrogen and oxygen atoms in total. The Kier molecular flexibility index (Phi) is 9.80. The van der Waals surface area contributed by atoms with Gasteiger partial charge < -0.3 is 19.9 Å². The molecule has 3 heterocycles. The molecule has 2 aliphatic heterocycles. The van der Waals surface area contributed by atoms with Crippen LogP contribution < -0.4 is 5.32 Å². The zero-order valence-electron chi connectivity index (χ0n) is 24.8. The fourth-order valence-corrected chi connectivity index (χ4v) is 7.69. The minimum absolute atomic E-state index is 0.0301. The van der Waals surface area contributed by atoms with Gasteiger partial charge in [0, 0.05) is 50.6 Å². The molecule has 3 aromatic rings. The lowest BCUT2D eigenvalue weighted by Crippen LogP contribution is -2.51. The number of hydrogen-bond donors (Lipinski definition) is 2. The number of carboxylic acids is 1. The maximum absolute atomic E-state index is 13.2. The van der Waals surface area contributed by atoms with Gasteiger partial charge in [-0.05, 0) is 57.1 Å². The van der Waals surface area contributed by atoms with Crippen LogP contribution in [-0.4, -0.2) is 81.8 Å². The predicted molar refractivity (Wildman–Crippen MR) is 164 cm³/mol. The van der Waals surface area contributed by atoms with Gasteiger partial charge in [-0.15, -0.1) is 0 Å². The summed E-state index contributed by atoms with van der Waals surface area (Å²) in [7, 11) is -3.92. The summed E-state index contributed by atoms with van der Waals surface area (Å²) < 4.78 is 29.8. The zero-order chi connectivity index (χ0) is 31.3. The Bertz CT molecular complexity index is 1570. The first-order valence-corrected chi connectivity index (χ1v) is 16.5. The van der Waals surface area contributed by atoms with Gasteiger partial charge in [0.2, 0.25) is 21.8 Å². The predicted octanol–water partition coefficient (Wildman–Crippen LogP) is 3.30. The Hall–Kier alpha value is -4.03. The molecule has 2 aromatic carbocycles. The van der Waals surface area contributed by atoms with Crippen LogP contribution in [0.3, 0.4) is 0 Å². The standard InChI is InChI=1S/C32H39N5O6S/c1-23-9-11-26(12-10-23)44(42,43)37-18-5-8-28(37)31(39)34-27(32(40)41)13-14-29(38)35-19-15-24(16-20-35)22-36-21-17-33-30(36)25-6-3-2-4-7-25/h2-4,6-7,9-12,17,21,24,27-28H,5,8,13-16,18-20,22H2,1H3,(H,34,39)(H,40,41)/t27?,28-/m1/s1. The third kappa shape index (κ3) is 7.19. The molecule has 0 spiro atoms. The highest BCUT2D eigenvalue weighted by atomic mass is 32.2. The first-order valence-electron chi connectivity index (χ1n) is 15.1. The highest BCUT2D eigenvalue weighted by molar-refractivity contribution is 7.89. The van der Waals surface area contributed by atoms with Crippen LogP contribution >= 0.6 is 0 Å². The van der Waals surface area contributed by atoms with E-state index in [1.54, 1.807) is 23.2 Å². The molecule has 1 aromatic heterocycles. The smallest absolute Gasteiger partial charge is 0.326 e. The maximum Gasteiger partial charge on any atom is 0.326 e. The van der Waals surface area contributed by atoms with E-state index in [1.165, 1.54) is 12.1 Å². The van der Waals surface area contributed by atoms with Crippen LogP contribution in [0.25, 0.3) is 11.4 Å². The van der Waals surface area contributed by atoms with Gasteiger partial charge in [0.1, 0.15) is 17.9 Å². The second-order valence-corrected chi connectivity index (χ2v) is 13.5. The van der Waals surface area contributed by atoms with Crippen LogP contribution in [0.5, 0.6) is 0 Å². The van der Waals surface area contributed by atoms with Crippen LogP contribution in [-0.2, 0) is 31.0 Å². The second-order valence-electron chi connectivity index (χ2n) is 11.6. The summed E-state index contributed by atoms with van der Waals surface area (Å²) in [5, 5.41) is 12.3. The van der Waals surface area contributed by atoms with Gasteiger partial charge in [0.15, 0.2) is 0 Å². The van der Waals surface area contributed by atoms with Gasteiger partial charge in [0.05, 0.1) is 4.90 Å². The Morgan fingerprint density at radius 3 is 2.39 bits per heavy atom. The highest BCUT2D eigenvalue weighted by Gasteiger charge is 2.40. The lowest BCUT2D eigenvalue weighted by atomic mass is 9.96. The topological polar surface area (TPSA) is 142 Å². The van der Waals surface area contributed by atoms with Gasteiger partial charge in [-0.25, -0.2) is 18.2 Å². The number of carboxylic acid groups (broad SMARTS) is 1. The molecule has 12 heteroatoms. The van der Waals surface area contributed by atoms with E-state index in [4.69, 9.17) is 0 Å². The van der Waals surface area contributed by atoms with E-state index >= 15 is 0 Å². The number of amides is 2. The first-order chi connectivity index (χ1) is 21.1. The van der Waals surface area contributed by atoms with Gasteiger partial charge in [-0.2, -0.15) is 4.31 Å². The van der Waals surface area contributed by atoms with Crippen LogP contribution in [0.4, 0.5) is 0 Å². The summed E-state index contributed by atoms with van der Waals surface area (Å²) in [5.74, 6) is -0.772. The van der Waals surface area contributed by atoms with Crippen LogP contribution in [0.2, 0.25) is 0 Å². The number of sulfonamides is 1. The number of nitrogens with one attached hydrogen (secondary N) is 1. The van der Waals surface area contributed by atoms with Crippen molar-refractivity contribution in [3.05, 3.63) is 72.6 Å². The van der Waals surface area contributed by atoms with E-state index in [2.05, 4.69) is 14.9 Å². The van der Waals surface area contributed by atoms with Crippen molar-refractivity contribution >= 4 is 27.8 Å². The van der Waals surface area contributed by atoms with Crippen molar-refractivity contribution in [1.29, 1.82) is 0 Å². The van der Waals surface area contributed by atoms with Gasteiger partial charge in [0.25, 0.3) is 0 Å². The lowest BCUT2D eigenvalue weighted by Gasteiger charge is -2.32. The van der Waals surface area contributed by atoms with Crippen molar-refractivity contribution in [1.82, 2.24) is 24.1 Å². The number of aryl methyl sites for hydroxylation is 1. The molecule has 2 saturated heterocycles. The molecule has 5 rings (SSSR count). The van der Waals surface area contributed by atoms with Crippen LogP contribution in [0.15, 0.2) is 71.9 Å². The molecule has 2 fully saturated rings. The van der Waals surface area contributed by atoms with E-state index in [0.717, 1.165) is 40.6 Å². The third-order valence-electron chi connectivity index (χ3n) is 8.56. The summed E-state index contributed by atoms with van der Waals surface area (Å²) in [6, 6.07) is 14.1. The molecule has 44 heavy (non-hydrogen) atoms. The van der Waals surface area contributed by atoms with Crippen molar-refractivity contribution < 1.29 is 27.9 Å². The number of likely N-dealkylation sites (tertiary alicyclic amines) is 1. The number of carbonyl (C=O) groups excluding carboxylic acids is 2. The Labute approximate surface area is 257 Å². The molecule has 0 bridgehead atoms. The van der Waals surface area contributed by atoms with Crippen molar-refractivity contribution in [2.45, 2.75) is 69.0 Å². The van der Waals surface area contributed by atoms with E-state index in [1.807, 2.05) is 43.5 Å². The van der Waals surface area contributed by atoms with Crippen molar-refractivity contribution in [2.75, 3.05) is 19.6 Å². The molecule has 2 N–H and O–H groups in total. The van der Waals surface area contributed by atoms with E-state index in [-0.39, 0.29) is 30.2 Å². The number of carbonyl (C=O) groups is 3. The average Bonchev–Trinajstić information content (AvgIpc) is 3.71. The van der Waals surface area contributed by atoms with Crippen LogP contribution in [0, 0.1) is 12.8 Å². The molecule has 2 amide bonds. The van der Waals surface area contributed by atoms with E-state index < -0.39 is 34.0 Å². The number of nitrogens with zero attached hydrogens (tertiary/aromatic N) is 4. The second kappa shape index (κ2) is 13.7. The Morgan fingerprint density at radius 1 is 1.00 bits per heavy atom. The SMILES string of the molecule is Cc1ccc(S(=O)(=O)N2CCC[C@@H]2C(=O)NC(CCC(=O)N2CCC(Cn3ccnc3-c3ccccc3)CC2)C(=O)O)cc1. The number of benzene rings is 2. The number of aromatic nitrogens is 2. The number of imidazole rings is 1. The molecular formula is C32H39N5O6S. The summed E-state index contributed by atoms with van der Waals surface area (Å²) >= 11 is 0. The Morgan fingerprint density at radius 2 is 1.70 bits per heavy atom. The molecule has 0 radical (unpaired) electrons. The quantitative estimate of drug-likeness (QED) is 0.335. The van der Waals surface area contributed by atoms with Gasteiger partial charge >= 0.3 is 5.97 Å². The summed E-state index contributed by atoms with van der Waals surface area (Å²) in [6.45, 7) is 3.99. The summed E-state index contributed by atoms with van der Waals surface area (Å²) in [4.78, 5) is 44.5.